The zero-order valence-corrected chi connectivity index (χ0v) is 18.0. The predicted octanol–water partition coefficient (Wildman–Crippen LogP) is 4.95. The molecule has 31 heavy (non-hydrogen) atoms. The zero-order chi connectivity index (χ0) is 21.8. The number of sulfone groups is 1. The molecular weight excluding hydrogens is 432 g/mol. The summed E-state index contributed by atoms with van der Waals surface area (Å²) in [6, 6.07) is 21.0. The highest BCUT2D eigenvalue weighted by atomic mass is 35.5. The van der Waals surface area contributed by atoms with E-state index in [0.717, 1.165) is 5.56 Å². The highest BCUT2D eigenvalue weighted by Crippen LogP contribution is 2.37. The molecule has 8 heteroatoms. The van der Waals surface area contributed by atoms with Crippen LogP contribution in [0.5, 0.6) is 0 Å². The first-order valence-corrected chi connectivity index (χ1v) is 11.4. The molecule has 0 saturated heterocycles. The smallest absolute Gasteiger partial charge is 0.212 e. The number of rotatable bonds is 3. The second-order valence-corrected chi connectivity index (χ2v) is 9.56. The Morgan fingerprint density at radius 1 is 0.903 bits per heavy atom. The number of halogens is 1. The maximum absolute atomic E-state index is 13.7. The minimum absolute atomic E-state index is 0.0362. The highest BCUT2D eigenvalue weighted by Gasteiger charge is 2.30. The Morgan fingerprint density at radius 2 is 1.61 bits per heavy atom. The molecule has 0 atom stereocenters. The fraction of sp³-hybridized carbons (Fsp3) is 0.0435. The molecular formula is C23H17ClN4O2S. The molecule has 6 nitrogen and oxygen atoms in total. The first kappa shape index (κ1) is 19.5. The van der Waals surface area contributed by atoms with Crippen molar-refractivity contribution in [3.05, 3.63) is 83.4 Å². The fourth-order valence-corrected chi connectivity index (χ4v) is 5.45. The Labute approximate surface area is 183 Å². The van der Waals surface area contributed by atoms with Crippen molar-refractivity contribution in [1.82, 2.24) is 14.5 Å². The quantitative estimate of drug-likeness (QED) is 0.421. The Bertz CT molecular complexity index is 1590. The van der Waals surface area contributed by atoms with Crippen molar-refractivity contribution in [2.45, 2.75) is 16.7 Å². The van der Waals surface area contributed by atoms with Crippen molar-refractivity contribution >= 4 is 49.5 Å². The van der Waals surface area contributed by atoms with Gasteiger partial charge in [0.2, 0.25) is 9.84 Å². The second kappa shape index (κ2) is 7.08. The summed E-state index contributed by atoms with van der Waals surface area (Å²) in [4.78, 5) is 9.44. The third-order valence-electron chi connectivity index (χ3n) is 5.09. The van der Waals surface area contributed by atoms with Gasteiger partial charge in [0.1, 0.15) is 16.2 Å². The first-order valence-electron chi connectivity index (χ1n) is 9.50. The number of nitrogens with two attached hydrogens (primary N) is 1. The number of hydrogen-bond donors (Lipinski definition) is 1. The SMILES string of the molecule is Cc1cccc(S(=O)(=O)c2c(N)n(-c3cccc(Cl)c3)c3nc4ccccc4nc23)c1. The number of nitrogen functional groups attached to an aromatic ring is 1. The largest absolute Gasteiger partial charge is 0.384 e. The Balaban J connectivity index is 1.93. The first-order chi connectivity index (χ1) is 14.9. The Hall–Kier alpha value is -3.42. The second-order valence-electron chi connectivity index (χ2n) is 7.23. The molecule has 2 N–H and O–H groups in total. The molecule has 0 amide bonds. The maximum Gasteiger partial charge on any atom is 0.212 e. The summed E-state index contributed by atoms with van der Waals surface area (Å²) >= 11 is 6.19. The van der Waals surface area contributed by atoms with E-state index in [1.54, 1.807) is 53.1 Å². The lowest BCUT2D eigenvalue weighted by Crippen LogP contribution is -2.07. The van der Waals surface area contributed by atoms with E-state index in [-0.39, 0.29) is 21.1 Å². The van der Waals surface area contributed by atoms with Crippen molar-refractivity contribution in [3.63, 3.8) is 0 Å². The van der Waals surface area contributed by atoms with Gasteiger partial charge < -0.3 is 5.73 Å². The van der Waals surface area contributed by atoms with Crippen LogP contribution in [0.3, 0.4) is 0 Å². The van der Waals surface area contributed by atoms with Gasteiger partial charge in [-0.2, -0.15) is 0 Å². The van der Waals surface area contributed by atoms with E-state index in [0.29, 0.717) is 27.4 Å². The van der Waals surface area contributed by atoms with Crippen molar-refractivity contribution in [2.24, 2.45) is 0 Å². The number of fused-ring (bicyclic) bond motifs is 2. The monoisotopic (exact) mass is 448 g/mol. The Kier molecular flexibility index (Phi) is 4.46. The summed E-state index contributed by atoms with van der Waals surface area (Å²) in [6.07, 6.45) is 0. The van der Waals surface area contributed by atoms with E-state index in [2.05, 4.69) is 4.98 Å². The molecule has 0 saturated carbocycles. The third-order valence-corrected chi connectivity index (χ3v) is 7.14. The lowest BCUT2D eigenvalue weighted by atomic mass is 10.2. The molecule has 0 aliphatic carbocycles. The van der Waals surface area contributed by atoms with Gasteiger partial charge in [-0.05, 0) is 55.0 Å². The molecule has 0 bridgehead atoms. The van der Waals surface area contributed by atoms with Crippen molar-refractivity contribution in [3.8, 4) is 5.69 Å². The van der Waals surface area contributed by atoms with Crippen LogP contribution in [0.2, 0.25) is 5.02 Å². The summed E-state index contributed by atoms with van der Waals surface area (Å²) in [5, 5.41) is 0.496. The summed E-state index contributed by atoms with van der Waals surface area (Å²) < 4.78 is 28.9. The van der Waals surface area contributed by atoms with Gasteiger partial charge in [0.25, 0.3) is 0 Å². The standard InChI is InChI=1S/C23H17ClN4O2S/c1-14-6-4-9-17(12-14)31(29,30)21-20-23(27-19-11-3-2-10-18(19)26-20)28(22(21)25)16-8-5-7-15(24)13-16/h2-13H,25H2,1H3. The molecule has 2 aromatic heterocycles. The van der Waals surface area contributed by atoms with Gasteiger partial charge in [-0.15, -0.1) is 0 Å². The molecule has 0 spiro atoms. The molecule has 0 unspecified atom stereocenters. The van der Waals surface area contributed by atoms with Crippen LogP contribution < -0.4 is 5.73 Å². The van der Waals surface area contributed by atoms with E-state index in [4.69, 9.17) is 22.3 Å². The summed E-state index contributed by atoms with van der Waals surface area (Å²) in [7, 11) is -3.97. The lowest BCUT2D eigenvalue weighted by molar-refractivity contribution is 0.597. The number of benzene rings is 3. The molecule has 0 aliphatic heterocycles. The van der Waals surface area contributed by atoms with Gasteiger partial charge in [-0.25, -0.2) is 18.4 Å². The molecule has 0 radical (unpaired) electrons. The lowest BCUT2D eigenvalue weighted by Gasteiger charge is -2.09. The van der Waals surface area contributed by atoms with E-state index < -0.39 is 9.84 Å². The average molecular weight is 449 g/mol. The van der Waals surface area contributed by atoms with E-state index in [1.165, 1.54) is 0 Å². The Morgan fingerprint density at radius 3 is 2.32 bits per heavy atom. The van der Waals surface area contributed by atoms with Crippen molar-refractivity contribution < 1.29 is 8.42 Å². The number of hydrogen-bond acceptors (Lipinski definition) is 5. The molecule has 5 aromatic rings. The van der Waals surface area contributed by atoms with Crippen LogP contribution in [0.1, 0.15) is 5.56 Å². The maximum atomic E-state index is 13.7. The van der Waals surface area contributed by atoms with E-state index in [9.17, 15) is 8.42 Å². The van der Waals surface area contributed by atoms with Crippen LogP contribution in [-0.4, -0.2) is 23.0 Å². The third kappa shape index (κ3) is 3.13. The predicted molar refractivity (Wildman–Crippen MR) is 122 cm³/mol. The van der Waals surface area contributed by atoms with Crippen LogP contribution in [0, 0.1) is 6.92 Å². The number of nitrogens with zero attached hydrogens (tertiary/aromatic N) is 3. The zero-order valence-electron chi connectivity index (χ0n) is 16.4. The van der Waals surface area contributed by atoms with E-state index >= 15 is 0 Å². The minimum atomic E-state index is -3.97. The van der Waals surface area contributed by atoms with Crippen LogP contribution in [0.25, 0.3) is 27.9 Å². The van der Waals surface area contributed by atoms with Crippen molar-refractivity contribution in [1.29, 1.82) is 0 Å². The fourth-order valence-electron chi connectivity index (χ4n) is 3.68. The van der Waals surface area contributed by atoms with Crippen LogP contribution >= 0.6 is 11.6 Å². The van der Waals surface area contributed by atoms with Crippen LogP contribution in [0.4, 0.5) is 5.82 Å². The van der Waals surface area contributed by atoms with Crippen molar-refractivity contribution in [2.75, 3.05) is 5.73 Å². The number of aromatic nitrogens is 3. The normalized spacial score (nSPS) is 11.9. The number of anilines is 1. The van der Waals surface area contributed by atoms with Gasteiger partial charge in [-0.1, -0.05) is 41.9 Å². The molecule has 0 aliphatic rings. The summed E-state index contributed by atoms with van der Waals surface area (Å²) in [6.45, 7) is 1.84. The highest BCUT2D eigenvalue weighted by molar-refractivity contribution is 7.92. The molecule has 5 rings (SSSR count). The molecule has 154 valence electrons. The number of para-hydroxylation sites is 2. The summed E-state index contributed by atoms with van der Waals surface area (Å²) in [5.41, 5.74) is 9.70. The average Bonchev–Trinajstić information content (AvgIpc) is 3.03. The molecule has 0 fully saturated rings. The van der Waals surface area contributed by atoms with Gasteiger partial charge in [0.15, 0.2) is 5.65 Å². The van der Waals surface area contributed by atoms with E-state index in [1.807, 2.05) is 31.2 Å². The summed E-state index contributed by atoms with van der Waals surface area (Å²) in [5.74, 6) is 0.0362. The minimum Gasteiger partial charge on any atom is -0.384 e. The van der Waals surface area contributed by atoms with Gasteiger partial charge in [0.05, 0.1) is 21.6 Å². The van der Waals surface area contributed by atoms with Crippen LogP contribution in [0.15, 0.2) is 82.6 Å². The van der Waals surface area contributed by atoms with Crippen LogP contribution in [-0.2, 0) is 9.84 Å². The molecule has 2 heterocycles. The van der Waals surface area contributed by atoms with Gasteiger partial charge in [0, 0.05) is 5.02 Å². The number of aryl methyl sites for hydroxylation is 1. The van der Waals surface area contributed by atoms with Gasteiger partial charge in [-0.3, -0.25) is 4.57 Å². The van der Waals surface area contributed by atoms with Gasteiger partial charge >= 0.3 is 0 Å². The topological polar surface area (TPSA) is 90.9 Å². The molecule has 3 aromatic carbocycles.